The summed E-state index contributed by atoms with van der Waals surface area (Å²) in [5, 5.41) is 9.38. The Morgan fingerprint density at radius 2 is 1.86 bits per heavy atom. The molecule has 0 aromatic rings. The Bertz CT molecular complexity index is 389. The molecule has 0 heterocycles. The highest BCUT2D eigenvalue weighted by Gasteiger charge is 2.42. The lowest BCUT2D eigenvalue weighted by molar-refractivity contribution is 0.119. The van der Waals surface area contributed by atoms with Gasteiger partial charge in [0.15, 0.2) is 8.32 Å². The monoisotopic (exact) mass is 312 g/mol. The van der Waals surface area contributed by atoms with Crippen molar-refractivity contribution in [2.75, 3.05) is 6.61 Å². The molecule has 3 heteroatoms. The molecule has 1 aliphatic carbocycles. The minimum atomic E-state index is -1.69. The van der Waals surface area contributed by atoms with Gasteiger partial charge in [-0.25, -0.2) is 0 Å². The Kier molecular flexibility index (Phi) is 5.91. The highest BCUT2D eigenvalue weighted by Crippen LogP contribution is 2.46. The molecular weight excluding hydrogens is 276 g/mol. The Morgan fingerprint density at radius 1 is 1.29 bits per heavy atom. The van der Waals surface area contributed by atoms with Crippen molar-refractivity contribution in [3.8, 4) is 0 Å². The van der Waals surface area contributed by atoms with Gasteiger partial charge in [-0.2, -0.15) is 0 Å². The molecule has 0 bridgehead atoms. The SMILES string of the molecule is CC1=C(CCCO)C(C)(C)C[C@H](O[Si](C)(C)C(C)(C)C)C1. The van der Waals surface area contributed by atoms with Crippen molar-refractivity contribution in [1.82, 2.24) is 0 Å². The van der Waals surface area contributed by atoms with Gasteiger partial charge in [-0.3, -0.25) is 0 Å². The largest absolute Gasteiger partial charge is 0.414 e. The zero-order valence-electron chi connectivity index (χ0n) is 15.5. The van der Waals surface area contributed by atoms with E-state index in [1.165, 1.54) is 5.57 Å². The first kappa shape index (κ1) is 18.9. The molecule has 1 atom stereocenters. The van der Waals surface area contributed by atoms with Crippen LogP contribution in [-0.4, -0.2) is 26.1 Å². The Morgan fingerprint density at radius 3 is 2.29 bits per heavy atom. The van der Waals surface area contributed by atoms with Crippen LogP contribution in [0.2, 0.25) is 18.1 Å². The van der Waals surface area contributed by atoms with E-state index in [2.05, 4.69) is 54.6 Å². The second-order valence-corrected chi connectivity index (χ2v) is 13.6. The van der Waals surface area contributed by atoms with Crippen LogP contribution in [0, 0.1) is 5.41 Å². The van der Waals surface area contributed by atoms with Crippen LogP contribution in [0.5, 0.6) is 0 Å². The molecule has 0 aliphatic heterocycles. The number of hydrogen-bond acceptors (Lipinski definition) is 2. The number of hydrogen-bond donors (Lipinski definition) is 1. The maximum Gasteiger partial charge on any atom is 0.192 e. The van der Waals surface area contributed by atoms with Crippen molar-refractivity contribution in [2.24, 2.45) is 5.41 Å². The van der Waals surface area contributed by atoms with E-state index in [1.54, 1.807) is 5.57 Å². The van der Waals surface area contributed by atoms with Crippen molar-refractivity contribution in [2.45, 2.75) is 91.5 Å². The highest BCUT2D eigenvalue weighted by atomic mass is 28.4. The fourth-order valence-electron chi connectivity index (χ4n) is 3.29. The van der Waals surface area contributed by atoms with Crippen molar-refractivity contribution in [3.05, 3.63) is 11.1 Å². The van der Waals surface area contributed by atoms with Gasteiger partial charge >= 0.3 is 0 Å². The summed E-state index contributed by atoms with van der Waals surface area (Å²) in [6.45, 7) is 18.8. The Balaban J connectivity index is 2.87. The molecule has 0 amide bonds. The fraction of sp³-hybridized carbons (Fsp3) is 0.889. The second kappa shape index (κ2) is 6.55. The van der Waals surface area contributed by atoms with Gasteiger partial charge in [0, 0.05) is 12.7 Å². The Hall–Kier alpha value is -0.123. The lowest BCUT2D eigenvalue weighted by Gasteiger charge is -2.45. The van der Waals surface area contributed by atoms with Gasteiger partial charge in [0.25, 0.3) is 0 Å². The zero-order valence-corrected chi connectivity index (χ0v) is 16.5. The van der Waals surface area contributed by atoms with E-state index >= 15 is 0 Å². The molecular formula is C18H36O2Si. The predicted molar refractivity (Wildman–Crippen MR) is 94.1 cm³/mol. The average Bonchev–Trinajstić information content (AvgIpc) is 2.24. The Labute approximate surface area is 133 Å². The predicted octanol–water partition coefficient (Wildman–Crippen LogP) is 5.29. The molecule has 0 radical (unpaired) electrons. The summed E-state index contributed by atoms with van der Waals surface area (Å²) in [5.41, 5.74) is 3.24. The van der Waals surface area contributed by atoms with E-state index in [0.717, 1.165) is 25.7 Å². The van der Waals surface area contributed by atoms with Gasteiger partial charge in [0.1, 0.15) is 0 Å². The minimum absolute atomic E-state index is 0.199. The first-order chi connectivity index (χ1) is 9.40. The van der Waals surface area contributed by atoms with Crippen LogP contribution in [0.4, 0.5) is 0 Å². The van der Waals surface area contributed by atoms with Gasteiger partial charge in [-0.15, -0.1) is 0 Å². The first-order valence-electron chi connectivity index (χ1n) is 8.38. The number of rotatable bonds is 5. The van der Waals surface area contributed by atoms with E-state index in [1.807, 2.05) is 0 Å². The quantitative estimate of drug-likeness (QED) is 0.552. The number of aliphatic hydroxyl groups is 1. The molecule has 0 fully saturated rings. The smallest absolute Gasteiger partial charge is 0.192 e. The van der Waals surface area contributed by atoms with E-state index < -0.39 is 8.32 Å². The van der Waals surface area contributed by atoms with Crippen molar-refractivity contribution < 1.29 is 9.53 Å². The van der Waals surface area contributed by atoms with E-state index in [-0.39, 0.29) is 17.1 Å². The summed E-state index contributed by atoms with van der Waals surface area (Å²) in [6.07, 6.45) is 4.44. The van der Waals surface area contributed by atoms with E-state index in [0.29, 0.717) is 6.10 Å². The van der Waals surface area contributed by atoms with Gasteiger partial charge in [-0.1, -0.05) is 45.8 Å². The average molecular weight is 313 g/mol. The molecule has 0 aromatic carbocycles. The van der Waals surface area contributed by atoms with Crippen molar-refractivity contribution in [3.63, 3.8) is 0 Å². The summed E-state index contributed by atoms with van der Waals surface area (Å²) in [4.78, 5) is 0. The summed E-state index contributed by atoms with van der Waals surface area (Å²) in [6, 6.07) is 0. The van der Waals surface area contributed by atoms with Gasteiger partial charge < -0.3 is 9.53 Å². The third-order valence-corrected chi connectivity index (χ3v) is 9.99. The maximum absolute atomic E-state index is 9.11. The standard InChI is InChI=1S/C18H36O2Si/c1-14-12-15(20-21(7,8)17(2,3)4)13-18(5,6)16(14)10-9-11-19/h15,19H,9-13H2,1-8H3/t15-/m1/s1. The van der Waals surface area contributed by atoms with Crippen molar-refractivity contribution in [1.29, 1.82) is 0 Å². The highest BCUT2D eigenvalue weighted by molar-refractivity contribution is 6.74. The molecule has 1 rings (SSSR count). The van der Waals surface area contributed by atoms with Crippen LogP contribution in [0.1, 0.15) is 67.2 Å². The van der Waals surface area contributed by atoms with Crippen LogP contribution in [0.25, 0.3) is 0 Å². The fourth-order valence-corrected chi connectivity index (χ4v) is 4.64. The summed E-state index contributed by atoms with van der Waals surface area (Å²) >= 11 is 0. The molecule has 0 unspecified atom stereocenters. The molecule has 0 aromatic heterocycles. The molecule has 0 spiro atoms. The zero-order chi connectivity index (χ0) is 16.5. The lowest BCUT2D eigenvalue weighted by atomic mass is 9.70. The lowest BCUT2D eigenvalue weighted by Crippen LogP contribution is -2.46. The van der Waals surface area contributed by atoms with Crippen LogP contribution in [0.3, 0.4) is 0 Å². The van der Waals surface area contributed by atoms with Crippen molar-refractivity contribution >= 4 is 8.32 Å². The third kappa shape index (κ3) is 4.67. The topological polar surface area (TPSA) is 29.5 Å². The van der Waals surface area contributed by atoms with Crippen LogP contribution in [0.15, 0.2) is 11.1 Å². The van der Waals surface area contributed by atoms with Crippen LogP contribution in [-0.2, 0) is 4.43 Å². The minimum Gasteiger partial charge on any atom is -0.414 e. The first-order valence-corrected chi connectivity index (χ1v) is 11.3. The molecule has 124 valence electrons. The van der Waals surface area contributed by atoms with Gasteiger partial charge in [-0.05, 0) is 56.2 Å². The number of aliphatic hydroxyl groups excluding tert-OH is 1. The van der Waals surface area contributed by atoms with Crippen LogP contribution >= 0.6 is 0 Å². The molecule has 1 N–H and O–H groups in total. The van der Waals surface area contributed by atoms with Gasteiger partial charge in [0.2, 0.25) is 0 Å². The maximum atomic E-state index is 9.11. The van der Waals surface area contributed by atoms with E-state index in [9.17, 15) is 0 Å². The normalized spacial score (nSPS) is 23.6. The van der Waals surface area contributed by atoms with Gasteiger partial charge in [0.05, 0.1) is 0 Å². The third-order valence-electron chi connectivity index (χ3n) is 5.46. The molecule has 0 saturated heterocycles. The summed E-state index contributed by atoms with van der Waals surface area (Å²) < 4.78 is 6.66. The second-order valence-electron chi connectivity index (χ2n) is 8.88. The summed E-state index contributed by atoms with van der Waals surface area (Å²) in [5.74, 6) is 0. The van der Waals surface area contributed by atoms with Crippen LogP contribution < -0.4 is 0 Å². The summed E-state index contributed by atoms with van der Waals surface area (Å²) in [7, 11) is -1.69. The molecule has 21 heavy (non-hydrogen) atoms. The number of allylic oxidation sites excluding steroid dienone is 1. The van der Waals surface area contributed by atoms with E-state index in [4.69, 9.17) is 9.53 Å². The molecule has 1 aliphatic rings. The molecule has 2 nitrogen and oxygen atoms in total. The molecule has 0 saturated carbocycles.